The average molecular weight is 147 g/mol. The van der Waals surface area contributed by atoms with Crippen LogP contribution in [-0.2, 0) is 0 Å². The van der Waals surface area contributed by atoms with E-state index < -0.39 is 0 Å². The van der Waals surface area contributed by atoms with Gasteiger partial charge in [-0.1, -0.05) is 13.8 Å². The van der Waals surface area contributed by atoms with Gasteiger partial charge in [-0.25, -0.2) is 0 Å². The molecule has 0 spiro atoms. The molecule has 0 saturated heterocycles. The summed E-state index contributed by atoms with van der Waals surface area (Å²) in [5.74, 6) is 0.783. The lowest BCUT2D eigenvalue weighted by atomic mass is 10.0. The predicted octanol–water partition coefficient (Wildman–Crippen LogP) is 2.60. The number of hydrogen-bond donors (Lipinski definition) is 0. The van der Waals surface area contributed by atoms with Crippen LogP contribution in [0.3, 0.4) is 0 Å². The molecule has 1 aromatic heterocycles. The molecular formula is C10H13N. The quantitative estimate of drug-likeness (QED) is 0.595. The van der Waals surface area contributed by atoms with Crippen molar-refractivity contribution in [2.75, 3.05) is 0 Å². The summed E-state index contributed by atoms with van der Waals surface area (Å²) in [6.07, 6.45) is 5.09. The Labute approximate surface area is 67.5 Å². The molecule has 0 radical (unpaired) electrons. The molecule has 1 nitrogen and oxygen atoms in total. The van der Waals surface area contributed by atoms with E-state index in [0.29, 0.717) is 5.41 Å². The lowest BCUT2D eigenvalue weighted by molar-refractivity contribution is 0.621. The maximum absolute atomic E-state index is 4.00. The van der Waals surface area contributed by atoms with Crippen LogP contribution in [0.1, 0.15) is 31.7 Å². The molecule has 0 N–H and O–H groups in total. The third-order valence-corrected chi connectivity index (χ3v) is 2.62. The largest absolute Gasteiger partial charge is 0.265 e. The van der Waals surface area contributed by atoms with E-state index in [1.807, 2.05) is 12.4 Å². The summed E-state index contributed by atoms with van der Waals surface area (Å²) >= 11 is 0. The van der Waals surface area contributed by atoms with Gasteiger partial charge >= 0.3 is 0 Å². The molecule has 0 bridgehead atoms. The van der Waals surface area contributed by atoms with E-state index in [1.54, 1.807) is 0 Å². The fourth-order valence-electron chi connectivity index (χ4n) is 1.63. The zero-order chi connectivity index (χ0) is 7.90. The second-order valence-electron chi connectivity index (χ2n) is 4.03. The fraction of sp³-hybridized carbons (Fsp3) is 0.500. The summed E-state index contributed by atoms with van der Waals surface area (Å²) in [5, 5.41) is 0. The Bertz CT molecular complexity index is 251. The first-order valence-electron chi connectivity index (χ1n) is 4.10. The molecule has 1 fully saturated rings. The number of hydrogen-bond acceptors (Lipinski definition) is 1. The maximum atomic E-state index is 4.00. The standard InChI is InChI=1S/C10H13N/c1-10(2)7-9(10)8-3-5-11-6-4-8/h3-6,9H,7H2,1-2H3. The van der Waals surface area contributed by atoms with Crippen molar-refractivity contribution in [1.29, 1.82) is 0 Å². The van der Waals surface area contributed by atoms with Crippen LogP contribution in [0.15, 0.2) is 24.5 Å². The molecule has 1 saturated carbocycles. The number of rotatable bonds is 1. The Balaban J connectivity index is 2.21. The van der Waals surface area contributed by atoms with Gasteiger partial charge in [0.05, 0.1) is 0 Å². The van der Waals surface area contributed by atoms with Gasteiger partial charge in [0, 0.05) is 12.4 Å². The van der Waals surface area contributed by atoms with Gasteiger partial charge in [-0.15, -0.1) is 0 Å². The molecule has 1 aromatic rings. The van der Waals surface area contributed by atoms with Crippen LogP contribution in [0.5, 0.6) is 0 Å². The molecule has 1 heterocycles. The predicted molar refractivity (Wildman–Crippen MR) is 45.4 cm³/mol. The van der Waals surface area contributed by atoms with Crippen LogP contribution in [0.4, 0.5) is 0 Å². The lowest BCUT2D eigenvalue weighted by Gasteiger charge is -2.01. The molecule has 1 atom stereocenters. The maximum Gasteiger partial charge on any atom is 0.0270 e. The van der Waals surface area contributed by atoms with Gasteiger partial charge in [-0.05, 0) is 35.4 Å². The minimum Gasteiger partial charge on any atom is -0.265 e. The minimum atomic E-state index is 0.543. The Morgan fingerprint density at radius 2 is 1.91 bits per heavy atom. The Morgan fingerprint density at radius 3 is 2.36 bits per heavy atom. The topological polar surface area (TPSA) is 12.9 Å². The molecule has 1 aliphatic carbocycles. The highest BCUT2D eigenvalue weighted by Crippen LogP contribution is 2.58. The molecular weight excluding hydrogens is 134 g/mol. The van der Waals surface area contributed by atoms with Gasteiger partial charge in [0.15, 0.2) is 0 Å². The Kier molecular flexibility index (Phi) is 1.28. The molecule has 1 unspecified atom stereocenters. The summed E-state index contributed by atoms with van der Waals surface area (Å²) in [7, 11) is 0. The van der Waals surface area contributed by atoms with Gasteiger partial charge in [0.2, 0.25) is 0 Å². The monoisotopic (exact) mass is 147 g/mol. The summed E-state index contributed by atoms with van der Waals surface area (Å²) in [5.41, 5.74) is 1.99. The molecule has 2 rings (SSSR count). The molecule has 0 aliphatic heterocycles. The zero-order valence-electron chi connectivity index (χ0n) is 7.04. The highest BCUT2D eigenvalue weighted by atomic mass is 14.6. The van der Waals surface area contributed by atoms with E-state index in [0.717, 1.165) is 5.92 Å². The molecule has 0 amide bonds. The first-order chi connectivity index (χ1) is 5.20. The van der Waals surface area contributed by atoms with E-state index in [1.165, 1.54) is 12.0 Å². The van der Waals surface area contributed by atoms with Crippen molar-refractivity contribution in [1.82, 2.24) is 4.98 Å². The zero-order valence-corrected chi connectivity index (χ0v) is 7.04. The van der Waals surface area contributed by atoms with Crippen LogP contribution in [-0.4, -0.2) is 4.98 Å². The summed E-state index contributed by atoms with van der Waals surface area (Å²) in [6.45, 7) is 4.64. The summed E-state index contributed by atoms with van der Waals surface area (Å²) in [6, 6.07) is 4.25. The SMILES string of the molecule is CC1(C)CC1c1ccncc1. The highest BCUT2D eigenvalue weighted by molar-refractivity contribution is 5.25. The molecule has 1 heteroatoms. The van der Waals surface area contributed by atoms with Gasteiger partial charge in [0.25, 0.3) is 0 Å². The summed E-state index contributed by atoms with van der Waals surface area (Å²) in [4.78, 5) is 4.00. The molecule has 11 heavy (non-hydrogen) atoms. The molecule has 0 aromatic carbocycles. The Morgan fingerprint density at radius 1 is 1.36 bits per heavy atom. The fourth-order valence-corrected chi connectivity index (χ4v) is 1.63. The number of pyridine rings is 1. The van der Waals surface area contributed by atoms with E-state index >= 15 is 0 Å². The average Bonchev–Trinajstić information content (AvgIpc) is 2.62. The van der Waals surface area contributed by atoms with Crippen LogP contribution in [0.2, 0.25) is 0 Å². The first-order valence-corrected chi connectivity index (χ1v) is 4.10. The van der Waals surface area contributed by atoms with E-state index in [9.17, 15) is 0 Å². The van der Waals surface area contributed by atoms with Crippen LogP contribution < -0.4 is 0 Å². The van der Waals surface area contributed by atoms with Gasteiger partial charge in [-0.3, -0.25) is 4.98 Å². The van der Waals surface area contributed by atoms with E-state index in [4.69, 9.17) is 0 Å². The molecule has 1 aliphatic rings. The van der Waals surface area contributed by atoms with Crippen LogP contribution in [0.25, 0.3) is 0 Å². The van der Waals surface area contributed by atoms with Crippen molar-refractivity contribution < 1.29 is 0 Å². The van der Waals surface area contributed by atoms with Gasteiger partial charge in [0.1, 0.15) is 0 Å². The normalized spacial score (nSPS) is 26.5. The van der Waals surface area contributed by atoms with E-state index in [-0.39, 0.29) is 0 Å². The van der Waals surface area contributed by atoms with Crippen molar-refractivity contribution in [2.24, 2.45) is 5.41 Å². The van der Waals surface area contributed by atoms with Crippen molar-refractivity contribution in [3.8, 4) is 0 Å². The number of aromatic nitrogens is 1. The van der Waals surface area contributed by atoms with Crippen molar-refractivity contribution in [2.45, 2.75) is 26.2 Å². The first kappa shape index (κ1) is 6.84. The van der Waals surface area contributed by atoms with E-state index in [2.05, 4.69) is 31.0 Å². The van der Waals surface area contributed by atoms with Gasteiger partial charge < -0.3 is 0 Å². The minimum absolute atomic E-state index is 0.543. The third-order valence-electron chi connectivity index (χ3n) is 2.62. The summed E-state index contributed by atoms with van der Waals surface area (Å²) < 4.78 is 0. The van der Waals surface area contributed by atoms with Crippen molar-refractivity contribution in [3.05, 3.63) is 30.1 Å². The highest BCUT2D eigenvalue weighted by Gasteiger charge is 2.46. The van der Waals surface area contributed by atoms with Gasteiger partial charge in [-0.2, -0.15) is 0 Å². The number of nitrogens with zero attached hydrogens (tertiary/aromatic N) is 1. The second kappa shape index (κ2) is 2.07. The van der Waals surface area contributed by atoms with Crippen LogP contribution in [0, 0.1) is 5.41 Å². The lowest BCUT2D eigenvalue weighted by Crippen LogP contribution is -1.89. The second-order valence-corrected chi connectivity index (χ2v) is 4.03. The third kappa shape index (κ3) is 1.15. The van der Waals surface area contributed by atoms with Crippen LogP contribution >= 0.6 is 0 Å². The van der Waals surface area contributed by atoms with Crippen molar-refractivity contribution in [3.63, 3.8) is 0 Å². The molecule has 58 valence electrons. The Hall–Kier alpha value is -0.850. The smallest absolute Gasteiger partial charge is 0.0270 e. The van der Waals surface area contributed by atoms with Crippen molar-refractivity contribution >= 4 is 0 Å².